The van der Waals surface area contributed by atoms with Crippen LogP contribution in [0.2, 0.25) is 5.02 Å². The highest BCUT2D eigenvalue weighted by Crippen LogP contribution is 2.29. The van der Waals surface area contributed by atoms with Crippen molar-refractivity contribution in [3.63, 3.8) is 0 Å². The second kappa shape index (κ2) is 10.4. The summed E-state index contributed by atoms with van der Waals surface area (Å²) < 4.78 is 31.6. The molecule has 2 rings (SSSR count). The first-order valence-electron chi connectivity index (χ1n) is 9.57. The Morgan fingerprint density at radius 2 is 2.04 bits per heavy atom. The molecule has 0 aromatic heterocycles. The Morgan fingerprint density at radius 1 is 1.36 bits per heavy atom. The van der Waals surface area contributed by atoms with Crippen molar-refractivity contribution in [1.29, 1.82) is 0 Å². The number of halogens is 1. The second-order valence-corrected chi connectivity index (χ2v) is 9.31. The Morgan fingerprint density at radius 3 is 2.64 bits per heavy atom. The third-order valence-electron chi connectivity index (χ3n) is 4.79. The van der Waals surface area contributed by atoms with Crippen LogP contribution in [0.1, 0.15) is 25.3 Å². The number of nitrogens with zero attached hydrogens (tertiary/aromatic N) is 2. The fraction of sp³-hybridized carbons (Fsp3) is 0.632. The van der Waals surface area contributed by atoms with E-state index in [1.54, 1.807) is 32.0 Å². The molecule has 0 unspecified atom stereocenters. The van der Waals surface area contributed by atoms with Crippen LogP contribution < -0.4 is 9.62 Å². The van der Waals surface area contributed by atoms with E-state index in [0.29, 0.717) is 23.7 Å². The molecule has 1 atom stereocenters. The molecular weight excluding hydrogens is 402 g/mol. The van der Waals surface area contributed by atoms with Gasteiger partial charge in [0.15, 0.2) is 0 Å². The number of ether oxygens (including phenoxy) is 1. The maximum absolute atomic E-state index is 12.8. The number of benzene rings is 1. The molecule has 1 aromatic rings. The first-order chi connectivity index (χ1) is 13.2. The van der Waals surface area contributed by atoms with Crippen molar-refractivity contribution in [2.45, 2.75) is 32.7 Å². The van der Waals surface area contributed by atoms with Crippen LogP contribution >= 0.6 is 11.6 Å². The summed E-state index contributed by atoms with van der Waals surface area (Å²) in [7, 11) is -3.67. The molecule has 1 amide bonds. The highest BCUT2D eigenvalue weighted by molar-refractivity contribution is 7.92. The lowest BCUT2D eigenvalue weighted by atomic mass is 10.1. The Hall–Kier alpha value is -1.35. The van der Waals surface area contributed by atoms with Crippen LogP contribution in [0.4, 0.5) is 5.69 Å². The van der Waals surface area contributed by atoms with Crippen molar-refractivity contribution < 1.29 is 17.9 Å². The van der Waals surface area contributed by atoms with Gasteiger partial charge in [0.2, 0.25) is 15.9 Å². The lowest BCUT2D eigenvalue weighted by Gasteiger charge is -2.31. The number of anilines is 1. The summed E-state index contributed by atoms with van der Waals surface area (Å²) in [6.45, 7) is 8.28. The molecule has 1 heterocycles. The van der Waals surface area contributed by atoms with Crippen LogP contribution in [0, 0.1) is 6.92 Å². The van der Waals surface area contributed by atoms with Gasteiger partial charge in [-0.3, -0.25) is 14.0 Å². The molecule has 7 nitrogen and oxygen atoms in total. The summed E-state index contributed by atoms with van der Waals surface area (Å²) in [5.74, 6) is -0.297. The van der Waals surface area contributed by atoms with Crippen LogP contribution in [-0.2, 0) is 19.6 Å². The number of carbonyl (C=O) groups is 1. The molecule has 1 aromatic carbocycles. The summed E-state index contributed by atoms with van der Waals surface area (Å²) in [6.07, 6.45) is 2.27. The fourth-order valence-electron chi connectivity index (χ4n) is 3.31. The van der Waals surface area contributed by atoms with Gasteiger partial charge in [-0.25, -0.2) is 8.42 Å². The second-order valence-electron chi connectivity index (χ2n) is 7.01. The Bertz CT molecular complexity index is 766. The molecule has 0 aliphatic carbocycles. The SMILES string of the molecule is CC[C@H](C(=O)NCCCN1CCOCC1)N(c1cc(Cl)ccc1C)S(C)(=O)=O. The molecule has 158 valence electrons. The van der Waals surface area contributed by atoms with Crippen molar-refractivity contribution in [2.24, 2.45) is 0 Å². The van der Waals surface area contributed by atoms with Gasteiger partial charge >= 0.3 is 0 Å². The number of nitrogens with one attached hydrogen (secondary N) is 1. The quantitative estimate of drug-likeness (QED) is 0.605. The van der Waals surface area contributed by atoms with Crippen LogP contribution in [0.5, 0.6) is 0 Å². The molecule has 0 spiro atoms. The number of aryl methyl sites for hydroxylation is 1. The molecule has 0 saturated carbocycles. The Labute approximate surface area is 173 Å². The van der Waals surface area contributed by atoms with E-state index in [4.69, 9.17) is 16.3 Å². The molecule has 9 heteroatoms. The van der Waals surface area contributed by atoms with Gasteiger partial charge in [0.1, 0.15) is 6.04 Å². The molecule has 1 N–H and O–H groups in total. The largest absolute Gasteiger partial charge is 0.379 e. The van der Waals surface area contributed by atoms with Gasteiger partial charge in [0.05, 0.1) is 25.2 Å². The number of carbonyl (C=O) groups excluding carboxylic acids is 1. The molecular formula is C19H30ClN3O4S. The number of rotatable bonds is 9. The molecule has 0 radical (unpaired) electrons. The molecule has 28 heavy (non-hydrogen) atoms. The smallest absolute Gasteiger partial charge is 0.243 e. The minimum Gasteiger partial charge on any atom is -0.379 e. The van der Waals surface area contributed by atoms with Gasteiger partial charge in [0, 0.05) is 24.7 Å². The monoisotopic (exact) mass is 431 g/mol. The lowest BCUT2D eigenvalue weighted by molar-refractivity contribution is -0.122. The van der Waals surface area contributed by atoms with Crippen molar-refractivity contribution in [2.75, 3.05) is 50.0 Å². The van der Waals surface area contributed by atoms with E-state index in [2.05, 4.69) is 10.2 Å². The summed E-state index contributed by atoms with van der Waals surface area (Å²) >= 11 is 6.08. The normalized spacial score (nSPS) is 16.6. The Kier molecular flexibility index (Phi) is 8.55. The van der Waals surface area contributed by atoms with Gasteiger partial charge in [-0.1, -0.05) is 24.6 Å². The number of morpholine rings is 1. The molecule has 1 aliphatic rings. The minimum atomic E-state index is -3.67. The predicted molar refractivity (Wildman–Crippen MR) is 112 cm³/mol. The van der Waals surface area contributed by atoms with Crippen molar-refractivity contribution in [1.82, 2.24) is 10.2 Å². The standard InChI is InChI=1S/C19H30ClN3O4S/c1-4-17(19(24)21-8-5-9-22-10-12-27-13-11-22)23(28(3,25)26)18-14-16(20)7-6-15(18)2/h6-7,14,17H,4-5,8-13H2,1-3H3,(H,21,24)/t17-/m1/s1. The zero-order valence-electron chi connectivity index (χ0n) is 16.8. The van der Waals surface area contributed by atoms with E-state index in [9.17, 15) is 13.2 Å². The summed E-state index contributed by atoms with van der Waals surface area (Å²) in [5.41, 5.74) is 1.18. The number of amides is 1. The van der Waals surface area contributed by atoms with Crippen LogP contribution in [0.25, 0.3) is 0 Å². The average Bonchev–Trinajstić information content (AvgIpc) is 2.65. The van der Waals surface area contributed by atoms with Crippen LogP contribution in [-0.4, -0.2) is 70.9 Å². The topological polar surface area (TPSA) is 79.0 Å². The molecule has 1 fully saturated rings. The van der Waals surface area contributed by atoms with Gasteiger partial charge in [0.25, 0.3) is 0 Å². The highest BCUT2D eigenvalue weighted by Gasteiger charge is 2.32. The van der Waals surface area contributed by atoms with E-state index in [1.165, 1.54) is 4.31 Å². The van der Waals surface area contributed by atoms with E-state index in [0.717, 1.165) is 51.1 Å². The average molecular weight is 432 g/mol. The maximum Gasteiger partial charge on any atom is 0.243 e. The fourth-order valence-corrected chi connectivity index (χ4v) is 4.74. The van der Waals surface area contributed by atoms with Gasteiger partial charge in [-0.05, 0) is 44.0 Å². The zero-order chi connectivity index (χ0) is 20.7. The van der Waals surface area contributed by atoms with Crippen LogP contribution in [0.3, 0.4) is 0 Å². The Balaban J connectivity index is 2.06. The van der Waals surface area contributed by atoms with Gasteiger partial charge in [-0.15, -0.1) is 0 Å². The van der Waals surface area contributed by atoms with Crippen molar-refractivity contribution >= 4 is 33.2 Å². The summed E-state index contributed by atoms with van der Waals surface area (Å²) in [6, 6.07) is 4.22. The predicted octanol–water partition coefficient (Wildman–Crippen LogP) is 2.03. The maximum atomic E-state index is 12.8. The lowest BCUT2D eigenvalue weighted by Crippen LogP contribution is -2.50. The van der Waals surface area contributed by atoms with E-state index in [-0.39, 0.29) is 5.91 Å². The summed E-state index contributed by atoms with van der Waals surface area (Å²) in [4.78, 5) is 15.1. The van der Waals surface area contributed by atoms with E-state index in [1.807, 2.05) is 0 Å². The number of hydrogen-bond donors (Lipinski definition) is 1. The highest BCUT2D eigenvalue weighted by atomic mass is 35.5. The molecule has 0 bridgehead atoms. The first-order valence-corrected chi connectivity index (χ1v) is 11.8. The third-order valence-corrected chi connectivity index (χ3v) is 6.19. The third kappa shape index (κ3) is 6.34. The number of hydrogen-bond acceptors (Lipinski definition) is 5. The van der Waals surface area contributed by atoms with Gasteiger partial charge in [-0.2, -0.15) is 0 Å². The molecule has 1 aliphatic heterocycles. The van der Waals surface area contributed by atoms with Crippen molar-refractivity contribution in [3.8, 4) is 0 Å². The summed E-state index contributed by atoms with van der Waals surface area (Å²) in [5, 5.41) is 3.32. The van der Waals surface area contributed by atoms with E-state index >= 15 is 0 Å². The van der Waals surface area contributed by atoms with Crippen LogP contribution in [0.15, 0.2) is 18.2 Å². The first kappa shape index (κ1) is 22.9. The zero-order valence-corrected chi connectivity index (χ0v) is 18.4. The minimum absolute atomic E-state index is 0.297. The van der Waals surface area contributed by atoms with E-state index < -0.39 is 16.1 Å². The van der Waals surface area contributed by atoms with Gasteiger partial charge < -0.3 is 10.1 Å². The van der Waals surface area contributed by atoms with Crippen molar-refractivity contribution in [3.05, 3.63) is 28.8 Å². The molecule has 1 saturated heterocycles. The number of sulfonamides is 1.